The van der Waals surface area contributed by atoms with Gasteiger partial charge >= 0.3 is 12.1 Å². The first kappa shape index (κ1) is 27.1. The van der Waals surface area contributed by atoms with Gasteiger partial charge in [-0.15, -0.1) is 0 Å². The monoisotopic (exact) mass is 476 g/mol. The molecule has 0 saturated heterocycles. The van der Waals surface area contributed by atoms with Crippen molar-refractivity contribution in [3.63, 3.8) is 0 Å². The molecular formula is C21H24F4N2O4S. The summed E-state index contributed by atoms with van der Waals surface area (Å²) in [6.07, 6.45) is -0.527. The second-order valence-electron chi connectivity index (χ2n) is 5.88. The third-order valence-electron chi connectivity index (χ3n) is 3.91. The fourth-order valence-electron chi connectivity index (χ4n) is 2.45. The van der Waals surface area contributed by atoms with Gasteiger partial charge in [0.1, 0.15) is 11.5 Å². The van der Waals surface area contributed by atoms with Crippen molar-refractivity contribution in [3.8, 4) is 11.3 Å². The van der Waals surface area contributed by atoms with Crippen molar-refractivity contribution < 1.29 is 35.1 Å². The highest BCUT2D eigenvalue weighted by atomic mass is 32.2. The van der Waals surface area contributed by atoms with Gasteiger partial charge in [0, 0.05) is 11.6 Å². The molecule has 32 heavy (non-hydrogen) atoms. The lowest BCUT2D eigenvalue weighted by Crippen LogP contribution is -2.11. The minimum absolute atomic E-state index is 0.123. The number of ether oxygens (including phenoxy) is 1. The summed E-state index contributed by atoms with van der Waals surface area (Å²) < 4.78 is 84.7. The molecule has 2 N–H and O–H groups in total. The molecule has 0 aliphatic rings. The number of nitrogens with two attached hydrogens (primary N) is 1. The normalized spacial score (nSPS) is 13.2. The highest BCUT2D eigenvalue weighted by Crippen LogP contribution is 2.37. The Hall–Kier alpha value is -2.92. The molecule has 176 valence electrons. The van der Waals surface area contributed by atoms with Crippen LogP contribution in [0.5, 0.6) is 0 Å². The van der Waals surface area contributed by atoms with Crippen LogP contribution in [-0.4, -0.2) is 20.5 Å². The van der Waals surface area contributed by atoms with E-state index < -0.39 is 22.1 Å². The number of sulfonamides is 1. The number of benzene rings is 1. The quantitative estimate of drug-likeness (QED) is 0.308. The zero-order valence-corrected chi connectivity index (χ0v) is 18.7. The Kier molecular flexibility index (Phi) is 9.85. The summed E-state index contributed by atoms with van der Waals surface area (Å²) in [6, 6.07) is 4.86. The van der Waals surface area contributed by atoms with E-state index in [1.54, 1.807) is 6.92 Å². The first-order valence-electron chi connectivity index (χ1n) is 9.44. The van der Waals surface area contributed by atoms with Crippen molar-refractivity contribution in [1.29, 1.82) is 0 Å². The molecule has 0 radical (unpaired) electrons. The highest BCUT2D eigenvalue weighted by molar-refractivity contribution is 7.89. The van der Waals surface area contributed by atoms with E-state index in [1.807, 2.05) is 13.8 Å². The molecule has 0 aliphatic heterocycles. The summed E-state index contributed by atoms with van der Waals surface area (Å²) in [4.78, 5) is 3.35. The number of halogens is 4. The number of rotatable bonds is 7. The minimum atomic E-state index is -4.84. The second-order valence-corrected chi connectivity index (χ2v) is 7.44. The van der Waals surface area contributed by atoms with E-state index in [-0.39, 0.29) is 40.4 Å². The molecule has 0 amide bonds. The van der Waals surface area contributed by atoms with Crippen LogP contribution in [0.1, 0.15) is 38.8 Å². The van der Waals surface area contributed by atoms with E-state index in [1.165, 1.54) is 31.4 Å². The van der Waals surface area contributed by atoms with E-state index in [2.05, 4.69) is 4.98 Å². The molecule has 0 bridgehead atoms. The van der Waals surface area contributed by atoms with E-state index in [0.29, 0.717) is 5.57 Å². The van der Waals surface area contributed by atoms with Crippen molar-refractivity contribution in [2.24, 2.45) is 5.14 Å². The van der Waals surface area contributed by atoms with Crippen LogP contribution in [-0.2, 0) is 20.9 Å². The Bertz CT molecular complexity index is 1080. The van der Waals surface area contributed by atoms with Gasteiger partial charge in [-0.2, -0.15) is 13.2 Å². The molecular weight excluding hydrogens is 452 g/mol. The standard InChI is InChI=1S/C19H18F4N2O4S.C2H6/c1-3-12(4-7-14(28-2)10-11-20)17-16(25-18(29-17)19(21,22)23)13-5-8-15(9-6-13)30(24,26)27;1-2/h4-11H,3H2,1-2H3,(H2,24,26,27);1-2H3/b11-10+,12-4+,14-7+;. The number of allylic oxidation sites excluding steroid dienone is 4. The minimum Gasteiger partial charge on any atom is -0.497 e. The van der Waals surface area contributed by atoms with Crippen molar-refractivity contribution in [2.45, 2.75) is 38.3 Å². The number of aromatic nitrogens is 1. The summed E-state index contributed by atoms with van der Waals surface area (Å²) in [5, 5.41) is 5.04. The van der Waals surface area contributed by atoms with Crippen molar-refractivity contribution >= 4 is 15.6 Å². The van der Waals surface area contributed by atoms with Crippen LogP contribution in [0.2, 0.25) is 0 Å². The van der Waals surface area contributed by atoms with E-state index in [4.69, 9.17) is 14.3 Å². The smallest absolute Gasteiger partial charge is 0.468 e. The molecule has 2 rings (SSSR count). The summed E-state index contributed by atoms with van der Waals surface area (Å²) in [7, 11) is -2.67. The van der Waals surface area contributed by atoms with Crippen LogP contribution in [0.15, 0.2) is 63.9 Å². The van der Waals surface area contributed by atoms with Gasteiger partial charge in [0.05, 0.1) is 18.3 Å². The molecule has 0 unspecified atom stereocenters. The molecule has 0 atom stereocenters. The maximum Gasteiger partial charge on any atom is 0.468 e. The lowest BCUT2D eigenvalue weighted by molar-refractivity contribution is -0.157. The number of methoxy groups -OCH3 is 1. The predicted molar refractivity (Wildman–Crippen MR) is 113 cm³/mol. The first-order valence-corrected chi connectivity index (χ1v) is 11.0. The van der Waals surface area contributed by atoms with Crippen molar-refractivity contribution in [1.82, 2.24) is 4.98 Å². The largest absolute Gasteiger partial charge is 0.497 e. The number of alkyl halides is 3. The molecule has 0 fully saturated rings. The lowest BCUT2D eigenvalue weighted by atomic mass is 10.0. The Balaban J connectivity index is 0.00000249. The summed E-state index contributed by atoms with van der Waals surface area (Å²) in [5.41, 5.74) is 0.380. The topological polar surface area (TPSA) is 95.4 Å². The number of hydrogen-bond donors (Lipinski definition) is 1. The average molecular weight is 476 g/mol. The maximum atomic E-state index is 13.2. The summed E-state index contributed by atoms with van der Waals surface area (Å²) in [6.45, 7) is 5.68. The van der Waals surface area contributed by atoms with Gasteiger partial charge < -0.3 is 9.15 Å². The van der Waals surface area contributed by atoms with Crippen LogP contribution in [0.4, 0.5) is 17.6 Å². The van der Waals surface area contributed by atoms with Gasteiger partial charge in [0.2, 0.25) is 10.0 Å². The SMILES string of the molecule is CC.CC\C(=C/C=C(\C=C\F)OC)c1oc(C(F)(F)F)nc1-c1ccc(S(N)(=O)=O)cc1. The number of primary sulfonamides is 1. The Morgan fingerprint density at radius 1 is 1.19 bits per heavy atom. The fraction of sp³-hybridized carbons (Fsp3) is 0.286. The number of oxazole rings is 1. The Morgan fingerprint density at radius 3 is 2.22 bits per heavy atom. The van der Waals surface area contributed by atoms with Gasteiger partial charge in [-0.05, 0) is 30.2 Å². The first-order chi connectivity index (χ1) is 15.0. The van der Waals surface area contributed by atoms with Crippen LogP contribution in [0.25, 0.3) is 16.8 Å². The molecule has 0 saturated carbocycles. The summed E-state index contributed by atoms with van der Waals surface area (Å²) >= 11 is 0. The molecule has 6 nitrogen and oxygen atoms in total. The maximum absolute atomic E-state index is 13.2. The molecule has 0 aliphatic carbocycles. The average Bonchev–Trinajstić information content (AvgIpc) is 3.20. The molecule has 1 aromatic heterocycles. The highest BCUT2D eigenvalue weighted by Gasteiger charge is 2.39. The zero-order chi connectivity index (χ0) is 24.5. The van der Waals surface area contributed by atoms with Gasteiger partial charge in [0.25, 0.3) is 0 Å². The third-order valence-corrected chi connectivity index (χ3v) is 4.84. The zero-order valence-electron chi connectivity index (χ0n) is 17.9. The molecule has 1 aromatic carbocycles. The number of nitrogens with zero attached hydrogens (tertiary/aromatic N) is 1. The molecule has 0 spiro atoms. The van der Waals surface area contributed by atoms with Crippen LogP contribution < -0.4 is 5.14 Å². The lowest BCUT2D eigenvalue weighted by Gasteiger charge is -2.05. The summed E-state index contributed by atoms with van der Waals surface area (Å²) in [5.74, 6) is -1.50. The van der Waals surface area contributed by atoms with E-state index >= 15 is 0 Å². The van der Waals surface area contributed by atoms with Gasteiger partial charge in [0.15, 0.2) is 5.76 Å². The van der Waals surface area contributed by atoms with Gasteiger partial charge in [-0.25, -0.2) is 22.9 Å². The Morgan fingerprint density at radius 2 is 1.78 bits per heavy atom. The second kappa shape index (κ2) is 11.6. The fourth-order valence-corrected chi connectivity index (χ4v) is 2.96. The predicted octanol–water partition coefficient (Wildman–Crippen LogP) is 5.84. The van der Waals surface area contributed by atoms with Gasteiger partial charge in [-0.3, -0.25) is 0 Å². The van der Waals surface area contributed by atoms with Crippen molar-refractivity contribution in [2.75, 3.05) is 7.11 Å². The van der Waals surface area contributed by atoms with E-state index in [9.17, 15) is 26.0 Å². The van der Waals surface area contributed by atoms with Crippen LogP contribution in [0.3, 0.4) is 0 Å². The third kappa shape index (κ3) is 7.06. The Labute approximate surface area is 184 Å². The molecule has 11 heteroatoms. The van der Waals surface area contributed by atoms with Crippen molar-refractivity contribution in [3.05, 3.63) is 66.2 Å². The molecule has 1 heterocycles. The van der Waals surface area contributed by atoms with Gasteiger partial charge in [-0.1, -0.05) is 39.0 Å². The van der Waals surface area contributed by atoms with E-state index in [0.717, 1.165) is 18.2 Å². The molecule has 2 aromatic rings. The van der Waals surface area contributed by atoms with Crippen LogP contribution >= 0.6 is 0 Å². The number of hydrogen-bond acceptors (Lipinski definition) is 5. The van der Waals surface area contributed by atoms with Crippen LogP contribution in [0, 0.1) is 0 Å².